The first kappa shape index (κ1) is 24.0. The lowest BCUT2D eigenvalue weighted by Crippen LogP contribution is -2.43. The van der Waals surface area contributed by atoms with Gasteiger partial charge < -0.3 is 19.7 Å². The van der Waals surface area contributed by atoms with Crippen LogP contribution in [0.4, 0.5) is 5.69 Å². The van der Waals surface area contributed by atoms with Crippen LogP contribution in [0, 0.1) is 10.1 Å². The number of aliphatic hydroxyl groups is 2. The number of aliphatic hydroxyl groups excluding tert-OH is 1. The van der Waals surface area contributed by atoms with Gasteiger partial charge in [-0.05, 0) is 71.6 Å². The molecule has 0 aromatic heterocycles. The molecule has 8 heteroatoms. The Balaban J connectivity index is 1.78. The molecule has 0 spiro atoms. The fourth-order valence-corrected chi connectivity index (χ4v) is 3.44. The standard InChI is InChI=1S/C22H31NO7/c1-15(5-10-18(24)22(4)13-11-19(30-22)21(2,3)26)12-14-29-20(25)16-6-8-17(9-7-16)23(27)28/h6-9,12,18-19,24,26H,5,10-11,13-14H2,1-4H3/b15-12+/t18-,19+,22+/m0/s1. The van der Waals surface area contributed by atoms with Crippen molar-refractivity contribution in [3.8, 4) is 0 Å². The second-order valence-corrected chi connectivity index (χ2v) is 8.62. The molecule has 3 atom stereocenters. The summed E-state index contributed by atoms with van der Waals surface area (Å²) in [5.74, 6) is -0.557. The number of carbonyl (C=O) groups excluding carboxylic acids is 1. The number of esters is 1. The molecule has 2 rings (SSSR count). The zero-order chi connectivity index (χ0) is 22.5. The van der Waals surface area contributed by atoms with Crippen molar-refractivity contribution in [1.29, 1.82) is 0 Å². The minimum Gasteiger partial charge on any atom is -0.458 e. The predicted octanol–water partition coefficient (Wildman–Crippen LogP) is 3.55. The van der Waals surface area contributed by atoms with Crippen molar-refractivity contribution < 1.29 is 29.4 Å². The highest BCUT2D eigenvalue weighted by atomic mass is 16.6. The number of hydrogen-bond donors (Lipinski definition) is 2. The van der Waals surface area contributed by atoms with Crippen LogP contribution in [0.5, 0.6) is 0 Å². The first-order valence-electron chi connectivity index (χ1n) is 10.1. The third-order valence-corrected chi connectivity index (χ3v) is 5.58. The molecule has 2 N–H and O–H groups in total. The second kappa shape index (κ2) is 9.68. The van der Waals surface area contributed by atoms with Crippen LogP contribution in [0.15, 0.2) is 35.9 Å². The molecule has 0 aliphatic carbocycles. The zero-order valence-electron chi connectivity index (χ0n) is 18.0. The molecule has 1 aromatic rings. The fraction of sp³-hybridized carbons (Fsp3) is 0.591. The quantitative estimate of drug-likeness (QED) is 0.271. The van der Waals surface area contributed by atoms with Gasteiger partial charge in [-0.2, -0.15) is 0 Å². The molecule has 30 heavy (non-hydrogen) atoms. The third kappa shape index (κ3) is 6.35. The third-order valence-electron chi connectivity index (χ3n) is 5.58. The lowest BCUT2D eigenvalue weighted by atomic mass is 9.90. The Morgan fingerprint density at radius 2 is 2.07 bits per heavy atom. The van der Waals surface area contributed by atoms with Crippen LogP contribution < -0.4 is 0 Å². The van der Waals surface area contributed by atoms with Crippen LogP contribution in [-0.2, 0) is 9.47 Å². The molecule has 166 valence electrons. The van der Waals surface area contributed by atoms with Crippen LogP contribution in [0.3, 0.4) is 0 Å². The largest absolute Gasteiger partial charge is 0.458 e. The minimum absolute atomic E-state index is 0.0757. The topological polar surface area (TPSA) is 119 Å². The summed E-state index contributed by atoms with van der Waals surface area (Å²) in [5.41, 5.74) is -0.510. The zero-order valence-corrected chi connectivity index (χ0v) is 18.0. The second-order valence-electron chi connectivity index (χ2n) is 8.62. The van der Waals surface area contributed by atoms with E-state index in [2.05, 4.69) is 0 Å². The van der Waals surface area contributed by atoms with E-state index < -0.39 is 28.2 Å². The Kier molecular flexibility index (Phi) is 7.74. The molecule has 1 heterocycles. The van der Waals surface area contributed by atoms with Crippen molar-refractivity contribution in [2.24, 2.45) is 0 Å². The van der Waals surface area contributed by atoms with Crippen molar-refractivity contribution >= 4 is 11.7 Å². The molecule has 0 saturated carbocycles. The number of nitro groups is 1. The van der Waals surface area contributed by atoms with Gasteiger partial charge in [-0.15, -0.1) is 0 Å². The Hall–Kier alpha value is -2.29. The van der Waals surface area contributed by atoms with E-state index in [0.717, 1.165) is 5.57 Å². The first-order valence-corrected chi connectivity index (χ1v) is 10.1. The Morgan fingerprint density at radius 1 is 1.43 bits per heavy atom. The number of rotatable bonds is 9. The van der Waals surface area contributed by atoms with Gasteiger partial charge in [0.15, 0.2) is 0 Å². The van der Waals surface area contributed by atoms with Gasteiger partial charge >= 0.3 is 5.97 Å². The Labute approximate surface area is 176 Å². The van der Waals surface area contributed by atoms with Crippen LogP contribution in [-0.4, -0.2) is 51.1 Å². The van der Waals surface area contributed by atoms with Crippen molar-refractivity contribution in [3.63, 3.8) is 0 Å². The van der Waals surface area contributed by atoms with Crippen LogP contribution in [0.25, 0.3) is 0 Å². The summed E-state index contributed by atoms with van der Waals surface area (Å²) >= 11 is 0. The summed E-state index contributed by atoms with van der Waals surface area (Å²) < 4.78 is 11.1. The molecule has 1 saturated heterocycles. The SMILES string of the molecule is C/C(=C\COC(=O)c1ccc([N+](=O)[O-])cc1)CC[C@H](O)[C@@]1(C)CC[C@H](C(C)(C)O)O1. The normalized spacial score (nSPS) is 23.3. The van der Waals surface area contributed by atoms with Gasteiger partial charge in [-0.3, -0.25) is 10.1 Å². The van der Waals surface area contributed by atoms with E-state index in [1.54, 1.807) is 19.9 Å². The smallest absolute Gasteiger partial charge is 0.338 e. The number of nitrogens with zero attached hydrogens (tertiary/aromatic N) is 1. The minimum atomic E-state index is -0.944. The lowest BCUT2D eigenvalue weighted by molar-refractivity contribution is -0.384. The van der Waals surface area contributed by atoms with Gasteiger partial charge in [0.2, 0.25) is 0 Å². The van der Waals surface area contributed by atoms with Gasteiger partial charge in [0, 0.05) is 12.1 Å². The number of carbonyl (C=O) groups is 1. The van der Waals surface area contributed by atoms with E-state index in [0.29, 0.717) is 25.7 Å². The number of non-ortho nitro benzene ring substituents is 1. The summed E-state index contributed by atoms with van der Waals surface area (Å²) in [6, 6.07) is 5.23. The maximum Gasteiger partial charge on any atom is 0.338 e. The summed E-state index contributed by atoms with van der Waals surface area (Å²) in [6.45, 7) is 7.26. The molecule has 1 aliphatic heterocycles. The molecular formula is C22H31NO7. The average molecular weight is 421 g/mol. The average Bonchev–Trinajstić information content (AvgIpc) is 3.10. The van der Waals surface area contributed by atoms with Crippen molar-refractivity contribution in [2.45, 2.75) is 76.8 Å². The van der Waals surface area contributed by atoms with E-state index >= 15 is 0 Å². The van der Waals surface area contributed by atoms with Gasteiger partial charge in [0.1, 0.15) is 6.61 Å². The van der Waals surface area contributed by atoms with Crippen LogP contribution in [0.1, 0.15) is 63.7 Å². The number of benzene rings is 1. The molecule has 1 aliphatic rings. The van der Waals surface area contributed by atoms with E-state index in [9.17, 15) is 25.1 Å². The van der Waals surface area contributed by atoms with Crippen molar-refractivity contribution in [3.05, 3.63) is 51.6 Å². The van der Waals surface area contributed by atoms with E-state index in [1.165, 1.54) is 24.3 Å². The highest BCUT2D eigenvalue weighted by Crippen LogP contribution is 2.38. The molecule has 0 amide bonds. The summed E-state index contributed by atoms with van der Waals surface area (Å²) in [7, 11) is 0. The fourth-order valence-electron chi connectivity index (χ4n) is 3.44. The van der Waals surface area contributed by atoms with E-state index in [1.807, 2.05) is 13.8 Å². The molecule has 1 fully saturated rings. The van der Waals surface area contributed by atoms with Crippen LogP contribution >= 0.6 is 0 Å². The molecule has 1 aromatic carbocycles. The molecule has 0 unspecified atom stereocenters. The van der Waals surface area contributed by atoms with Gasteiger partial charge in [-0.25, -0.2) is 4.79 Å². The number of ether oxygens (including phenoxy) is 2. The van der Waals surface area contributed by atoms with Crippen molar-refractivity contribution in [2.75, 3.05) is 6.61 Å². The molecular weight excluding hydrogens is 390 g/mol. The monoisotopic (exact) mass is 421 g/mol. The van der Waals surface area contributed by atoms with Crippen molar-refractivity contribution in [1.82, 2.24) is 0 Å². The van der Waals surface area contributed by atoms with Gasteiger partial charge in [-0.1, -0.05) is 5.57 Å². The number of allylic oxidation sites excluding steroid dienone is 1. The highest BCUT2D eigenvalue weighted by Gasteiger charge is 2.46. The van der Waals surface area contributed by atoms with Gasteiger partial charge in [0.05, 0.1) is 33.9 Å². The highest BCUT2D eigenvalue weighted by molar-refractivity contribution is 5.89. The maximum atomic E-state index is 12.0. The van der Waals surface area contributed by atoms with E-state index in [4.69, 9.17) is 9.47 Å². The predicted molar refractivity (Wildman–Crippen MR) is 111 cm³/mol. The first-order chi connectivity index (χ1) is 13.9. The Bertz CT molecular complexity index is 782. The van der Waals surface area contributed by atoms with Crippen LogP contribution in [0.2, 0.25) is 0 Å². The Morgan fingerprint density at radius 3 is 2.60 bits per heavy atom. The molecule has 0 bridgehead atoms. The summed E-state index contributed by atoms with van der Waals surface area (Å²) in [5, 5.41) is 31.4. The molecule has 0 radical (unpaired) electrons. The van der Waals surface area contributed by atoms with Gasteiger partial charge in [0.25, 0.3) is 5.69 Å². The summed E-state index contributed by atoms with van der Waals surface area (Å²) in [6.07, 6.45) is 3.29. The van der Waals surface area contributed by atoms with E-state index in [-0.39, 0.29) is 24.0 Å². The molecule has 8 nitrogen and oxygen atoms in total. The lowest BCUT2D eigenvalue weighted by Gasteiger charge is -2.33. The summed E-state index contributed by atoms with van der Waals surface area (Å²) in [4.78, 5) is 22.1. The maximum absolute atomic E-state index is 12.0. The number of nitro benzene ring substituents is 1. The number of hydrogen-bond acceptors (Lipinski definition) is 7.